The zero-order valence-electron chi connectivity index (χ0n) is 10.8. The summed E-state index contributed by atoms with van der Waals surface area (Å²) in [6, 6.07) is 3.82. The molecule has 0 aliphatic heterocycles. The van der Waals surface area contributed by atoms with E-state index in [0.29, 0.717) is 11.5 Å². The number of nitro benzene ring substituents is 1. The maximum Gasteiger partial charge on any atom is 0.273 e. The minimum absolute atomic E-state index is 0.0581. The van der Waals surface area contributed by atoms with Crippen LogP contribution >= 0.6 is 0 Å². The molecule has 19 heavy (non-hydrogen) atoms. The fraction of sp³-hybridized carbons (Fsp3) is 0.500. The van der Waals surface area contributed by atoms with Crippen molar-refractivity contribution in [2.75, 3.05) is 0 Å². The standard InChI is InChI=1S/C12H16N2O4S/c1-8-3-6-11(7-12(8)14(15)16)19(17,18)13-9(2)10-4-5-10/h3,6-7,9-10,13H,4-5H2,1-2H3/t9-/m0/s1. The lowest BCUT2D eigenvalue weighted by Crippen LogP contribution is -2.34. The highest BCUT2D eigenvalue weighted by molar-refractivity contribution is 7.89. The highest BCUT2D eigenvalue weighted by Crippen LogP contribution is 2.33. The third-order valence-electron chi connectivity index (χ3n) is 3.36. The third kappa shape index (κ3) is 3.10. The number of hydrogen-bond acceptors (Lipinski definition) is 4. The van der Waals surface area contributed by atoms with Gasteiger partial charge in [-0.3, -0.25) is 10.1 Å². The molecular formula is C12H16N2O4S. The topological polar surface area (TPSA) is 89.3 Å². The van der Waals surface area contributed by atoms with Crippen molar-refractivity contribution in [1.82, 2.24) is 4.72 Å². The molecule has 0 aromatic heterocycles. The lowest BCUT2D eigenvalue weighted by atomic mass is 10.2. The summed E-state index contributed by atoms with van der Waals surface area (Å²) < 4.78 is 26.8. The Morgan fingerprint density at radius 2 is 2.05 bits per heavy atom. The second kappa shape index (κ2) is 4.90. The molecule has 6 nitrogen and oxygen atoms in total. The molecule has 1 aliphatic rings. The molecule has 1 atom stereocenters. The van der Waals surface area contributed by atoms with Crippen molar-refractivity contribution in [3.63, 3.8) is 0 Å². The van der Waals surface area contributed by atoms with Gasteiger partial charge in [-0.15, -0.1) is 0 Å². The number of nitrogens with zero attached hydrogens (tertiary/aromatic N) is 1. The van der Waals surface area contributed by atoms with Crippen molar-refractivity contribution in [2.45, 2.75) is 37.6 Å². The second-order valence-corrected chi connectivity index (χ2v) is 6.67. The normalized spacial score (nSPS) is 17.2. The SMILES string of the molecule is Cc1ccc(S(=O)(=O)N[C@@H](C)C2CC2)cc1[N+](=O)[O-]. The summed E-state index contributed by atoms with van der Waals surface area (Å²) in [5.74, 6) is 0.384. The van der Waals surface area contributed by atoms with Gasteiger partial charge >= 0.3 is 0 Å². The van der Waals surface area contributed by atoms with E-state index in [-0.39, 0.29) is 16.6 Å². The smallest absolute Gasteiger partial charge is 0.258 e. The average molecular weight is 284 g/mol. The summed E-state index contributed by atoms with van der Waals surface area (Å²) >= 11 is 0. The van der Waals surface area contributed by atoms with Crippen LogP contribution in [0.3, 0.4) is 0 Å². The molecule has 0 unspecified atom stereocenters. The zero-order chi connectivity index (χ0) is 14.2. The molecule has 104 valence electrons. The van der Waals surface area contributed by atoms with Crippen LogP contribution in [-0.2, 0) is 10.0 Å². The fourth-order valence-electron chi connectivity index (χ4n) is 1.96. The van der Waals surface area contributed by atoms with Crippen LogP contribution in [0.5, 0.6) is 0 Å². The molecule has 1 aromatic rings. The van der Waals surface area contributed by atoms with Crippen LogP contribution in [0.25, 0.3) is 0 Å². The number of rotatable bonds is 5. The van der Waals surface area contributed by atoms with Gasteiger partial charge in [0.1, 0.15) is 0 Å². The average Bonchev–Trinajstić information content (AvgIpc) is 3.11. The molecule has 1 aromatic carbocycles. The molecule has 7 heteroatoms. The number of aryl methyl sites for hydroxylation is 1. The van der Waals surface area contributed by atoms with Gasteiger partial charge < -0.3 is 0 Å². The van der Waals surface area contributed by atoms with Crippen LogP contribution < -0.4 is 4.72 Å². The lowest BCUT2D eigenvalue weighted by Gasteiger charge is -2.13. The van der Waals surface area contributed by atoms with Gasteiger partial charge in [0.05, 0.1) is 9.82 Å². The molecule has 0 amide bonds. The number of sulfonamides is 1. The predicted molar refractivity (Wildman–Crippen MR) is 70.3 cm³/mol. The van der Waals surface area contributed by atoms with Crippen LogP contribution in [0.4, 0.5) is 5.69 Å². The first-order valence-electron chi connectivity index (χ1n) is 6.08. The van der Waals surface area contributed by atoms with E-state index in [0.717, 1.165) is 18.9 Å². The van der Waals surface area contributed by atoms with E-state index < -0.39 is 14.9 Å². The van der Waals surface area contributed by atoms with Gasteiger partial charge in [-0.25, -0.2) is 13.1 Å². The van der Waals surface area contributed by atoms with E-state index in [4.69, 9.17) is 0 Å². The number of hydrogen-bond donors (Lipinski definition) is 1. The Hall–Kier alpha value is -1.47. The Labute approximate surface area is 112 Å². The van der Waals surface area contributed by atoms with Crippen molar-refractivity contribution in [3.05, 3.63) is 33.9 Å². The molecule has 1 N–H and O–H groups in total. The van der Waals surface area contributed by atoms with Crippen molar-refractivity contribution in [2.24, 2.45) is 5.92 Å². The summed E-state index contributed by atoms with van der Waals surface area (Å²) in [4.78, 5) is 10.2. The Bertz CT molecular complexity index is 608. The maximum absolute atomic E-state index is 12.1. The molecule has 1 aliphatic carbocycles. The van der Waals surface area contributed by atoms with Crippen LogP contribution in [-0.4, -0.2) is 19.4 Å². The molecule has 1 saturated carbocycles. The van der Waals surface area contributed by atoms with E-state index in [1.165, 1.54) is 12.1 Å². The van der Waals surface area contributed by atoms with Crippen molar-refractivity contribution < 1.29 is 13.3 Å². The quantitative estimate of drug-likeness (QED) is 0.661. The Morgan fingerprint density at radius 3 is 2.58 bits per heavy atom. The van der Waals surface area contributed by atoms with Crippen LogP contribution in [0.1, 0.15) is 25.3 Å². The van der Waals surface area contributed by atoms with Gasteiger partial charge in [0, 0.05) is 17.7 Å². The van der Waals surface area contributed by atoms with Crippen LogP contribution in [0.2, 0.25) is 0 Å². The molecule has 0 bridgehead atoms. The maximum atomic E-state index is 12.1. The molecular weight excluding hydrogens is 268 g/mol. The predicted octanol–water partition coefficient (Wildman–Crippen LogP) is 1.98. The van der Waals surface area contributed by atoms with Gasteiger partial charge in [-0.05, 0) is 38.7 Å². The van der Waals surface area contributed by atoms with E-state index >= 15 is 0 Å². The minimum atomic E-state index is -3.69. The molecule has 0 heterocycles. The first-order chi connectivity index (χ1) is 8.81. The molecule has 2 rings (SSSR count). The van der Waals surface area contributed by atoms with Crippen LogP contribution in [0, 0.1) is 23.0 Å². The minimum Gasteiger partial charge on any atom is -0.258 e. The first kappa shape index (κ1) is 14.0. The zero-order valence-corrected chi connectivity index (χ0v) is 11.6. The van der Waals surface area contributed by atoms with Gasteiger partial charge in [-0.1, -0.05) is 6.07 Å². The number of nitro groups is 1. The largest absolute Gasteiger partial charge is 0.273 e. The van der Waals surface area contributed by atoms with Gasteiger partial charge in [0.2, 0.25) is 10.0 Å². The van der Waals surface area contributed by atoms with Crippen molar-refractivity contribution in [3.8, 4) is 0 Å². The van der Waals surface area contributed by atoms with Gasteiger partial charge in [-0.2, -0.15) is 0 Å². The highest BCUT2D eigenvalue weighted by atomic mass is 32.2. The Kier molecular flexibility index (Phi) is 3.60. The van der Waals surface area contributed by atoms with Crippen molar-refractivity contribution >= 4 is 15.7 Å². The monoisotopic (exact) mass is 284 g/mol. The first-order valence-corrected chi connectivity index (χ1v) is 7.57. The second-order valence-electron chi connectivity index (χ2n) is 4.95. The summed E-state index contributed by atoms with van der Waals surface area (Å²) in [5, 5.41) is 10.8. The van der Waals surface area contributed by atoms with E-state index in [9.17, 15) is 18.5 Å². The van der Waals surface area contributed by atoms with Gasteiger partial charge in [0.15, 0.2) is 0 Å². The summed E-state index contributed by atoms with van der Waals surface area (Å²) in [5.41, 5.74) is 0.265. The number of benzene rings is 1. The van der Waals surface area contributed by atoms with Gasteiger partial charge in [0.25, 0.3) is 5.69 Å². The molecule has 0 spiro atoms. The lowest BCUT2D eigenvalue weighted by molar-refractivity contribution is -0.385. The Balaban J connectivity index is 2.29. The molecule has 1 fully saturated rings. The fourth-order valence-corrected chi connectivity index (χ4v) is 3.29. The summed E-state index contributed by atoms with van der Waals surface area (Å²) in [6.45, 7) is 3.40. The third-order valence-corrected chi connectivity index (χ3v) is 4.91. The number of nitrogens with one attached hydrogen (secondary N) is 1. The summed E-state index contributed by atoms with van der Waals surface area (Å²) in [6.07, 6.45) is 2.05. The van der Waals surface area contributed by atoms with E-state index in [1.807, 2.05) is 6.92 Å². The molecule has 0 radical (unpaired) electrons. The Morgan fingerprint density at radius 1 is 1.42 bits per heavy atom. The summed E-state index contributed by atoms with van der Waals surface area (Å²) in [7, 11) is -3.69. The van der Waals surface area contributed by atoms with E-state index in [1.54, 1.807) is 6.92 Å². The highest BCUT2D eigenvalue weighted by Gasteiger charge is 2.31. The van der Waals surface area contributed by atoms with Crippen molar-refractivity contribution in [1.29, 1.82) is 0 Å². The molecule has 0 saturated heterocycles. The van der Waals surface area contributed by atoms with E-state index in [2.05, 4.69) is 4.72 Å². The van der Waals surface area contributed by atoms with Crippen LogP contribution in [0.15, 0.2) is 23.1 Å².